The Morgan fingerprint density at radius 2 is 2.12 bits per heavy atom. The van der Waals surface area contributed by atoms with E-state index in [1.165, 1.54) is 0 Å². The molecule has 2 aliphatic heterocycles. The van der Waals surface area contributed by atoms with Gasteiger partial charge in [0.25, 0.3) is 0 Å². The molecule has 0 spiro atoms. The summed E-state index contributed by atoms with van der Waals surface area (Å²) in [6, 6.07) is 0. The highest BCUT2D eigenvalue weighted by molar-refractivity contribution is 5.10. The predicted molar refractivity (Wildman–Crippen MR) is 55.3 cm³/mol. The van der Waals surface area contributed by atoms with Gasteiger partial charge in [-0.3, -0.25) is 0 Å². The second-order valence-corrected chi connectivity index (χ2v) is 4.24. The van der Waals surface area contributed by atoms with E-state index >= 15 is 0 Å². The van der Waals surface area contributed by atoms with Crippen LogP contribution in [0.25, 0.3) is 10.4 Å². The van der Waals surface area contributed by atoms with E-state index in [2.05, 4.69) is 15.9 Å². The van der Waals surface area contributed by atoms with E-state index in [4.69, 9.17) is 26.2 Å². The number of rotatable bonds is 2. The summed E-state index contributed by atoms with van der Waals surface area (Å²) >= 11 is 0. The molecule has 0 bridgehead atoms. The van der Waals surface area contributed by atoms with Crippen LogP contribution in [0.1, 0.15) is 13.8 Å². The van der Waals surface area contributed by atoms with Crippen LogP contribution in [0.3, 0.4) is 0 Å². The van der Waals surface area contributed by atoms with Crippen LogP contribution >= 0.6 is 0 Å². The molecule has 6 heteroatoms. The van der Waals surface area contributed by atoms with Crippen molar-refractivity contribution in [1.29, 1.82) is 0 Å². The summed E-state index contributed by atoms with van der Waals surface area (Å²) in [7, 11) is 0. The third-order valence-corrected chi connectivity index (χ3v) is 2.64. The Morgan fingerprint density at radius 1 is 1.44 bits per heavy atom. The van der Waals surface area contributed by atoms with Gasteiger partial charge in [0.2, 0.25) is 0 Å². The number of hydrogen-bond acceptors (Lipinski definition) is 4. The minimum absolute atomic E-state index is 0.204. The van der Waals surface area contributed by atoms with Crippen LogP contribution in [0.5, 0.6) is 0 Å². The lowest BCUT2D eigenvalue weighted by Gasteiger charge is -2.21. The average Bonchev–Trinajstić information content (AvgIpc) is 2.69. The molecule has 0 aromatic carbocycles. The molecule has 4 atom stereocenters. The van der Waals surface area contributed by atoms with Crippen molar-refractivity contribution in [2.45, 2.75) is 44.1 Å². The van der Waals surface area contributed by atoms with Gasteiger partial charge in [0, 0.05) is 4.91 Å². The molecule has 0 aromatic rings. The van der Waals surface area contributed by atoms with Gasteiger partial charge < -0.3 is 14.2 Å². The van der Waals surface area contributed by atoms with Crippen molar-refractivity contribution in [3.8, 4) is 12.3 Å². The van der Waals surface area contributed by atoms with Crippen molar-refractivity contribution in [3.63, 3.8) is 0 Å². The second-order valence-electron chi connectivity index (χ2n) is 4.24. The maximum absolute atomic E-state index is 8.28. The van der Waals surface area contributed by atoms with Gasteiger partial charge in [-0.1, -0.05) is 11.0 Å². The Labute approximate surface area is 93.5 Å². The number of fused-ring (bicyclic) bond motifs is 1. The SMILES string of the molecule is C#C[C@H]1O[C@H](CN=[N+]=[N-])[C@H]2OC(C)(C)O[C@H]21. The van der Waals surface area contributed by atoms with Gasteiger partial charge in [0.05, 0.1) is 12.6 Å². The van der Waals surface area contributed by atoms with E-state index in [1.807, 2.05) is 13.8 Å². The molecule has 0 N–H and O–H groups in total. The predicted octanol–water partition coefficient (Wildman–Crippen LogP) is 1.22. The summed E-state index contributed by atoms with van der Waals surface area (Å²) in [6.45, 7) is 3.85. The van der Waals surface area contributed by atoms with Gasteiger partial charge in [-0.25, -0.2) is 0 Å². The summed E-state index contributed by atoms with van der Waals surface area (Å²) in [5.41, 5.74) is 8.28. The van der Waals surface area contributed by atoms with Crippen molar-refractivity contribution in [2.24, 2.45) is 5.11 Å². The maximum Gasteiger partial charge on any atom is 0.164 e. The summed E-state index contributed by atoms with van der Waals surface area (Å²) in [4.78, 5) is 2.70. The normalized spacial score (nSPS) is 39.8. The quantitative estimate of drug-likeness (QED) is 0.305. The first kappa shape index (κ1) is 11.2. The first-order chi connectivity index (χ1) is 7.57. The Hall–Kier alpha value is -1.25. The molecule has 2 aliphatic rings. The van der Waals surface area contributed by atoms with Crippen molar-refractivity contribution in [3.05, 3.63) is 10.4 Å². The molecule has 16 heavy (non-hydrogen) atoms. The van der Waals surface area contributed by atoms with Crippen LogP contribution in [-0.4, -0.2) is 36.7 Å². The van der Waals surface area contributed by atoms with E-state index in [9.17, 15) is 0 Å². The van der Waals surface area contributed by atoms with E-state index < -0.39 is 11.9 Å². The smallest absolute Gasteiger partial charge is 0.164 e. The number of ether oxygens (including phenoxy) is 3. The van der Waals surface area contributed by atoms with E-state index in [0.717, 1.165) is 0 Å². The van der Waals surface area contributed by atoms with E-state index in [1.54, 1.807) is 0 Å². The van der Waals surface area contributed by atoms with Gasteiger partial charge in [0.15, 0.2) is 5.79 Å². The summed E-state index contributed by atoms with van der Waals surface area (Å²) < 4.78 is 16.9. The third kappa shape index (κ3) is 1.86. The fourth-order valence-electron chi connectivity index (χ4n) is 2.08. The molecule has 2 rings (SSSR count). The van der Waals surface area contributed by atoms with Crippen LogP contribution in [0.4, 0.5) is 0 Å². The minimum Gasteiger partial charge on any atom is -0.356 e. The Morgan fingerprint density at radius 3 is 2.75 bits per heavy atom. The molecule has 2 saturated heterocycles. The van der Waals surface area contributed by atoms with Gasteiger partial charge >= 0.3 is 0 Å². The van der Waals surface area contributed by atoms with Crippen LogP contribution in [0.2, 0.25) is 0 Å². The van der Waals surface area contributed by atoms with Gasteiger partial charge in [-0.15, -0.1) is 6.42 Å². The minimum atomic E-state index is -0.664. The van der Waals surface area contributed by atoms with Crippen LogP contribution in [0, 0.1) is 12.3 Å². The van der Waals surface area contributed by atoms with Gasteiger partial charge in [-0.05, 0) is 19.4 Å². The number of azide groups is 1. The summed E-state index contributed by atoms with van der Waals surface area (Å²) in [5.74, 6) is 1.85. The van der Waals surface area contributed by atoms with E-state index in [0.29, 0.717) is 0 Å². The first-order valence-electron chi connectivity index (χ1n) is 5.05. The highest BCUT2D eigenvalue weighted by Gasteiger charge is 2.54. The number of terminal acetylenes is 1. The second kappa shape index (κ2) is 3.96. The van der Waals surface area contributed by atoms with Crippen LogP contribution in [-0.2, 0) is 14.2 Å². The molecular formula is C10H13N3O3. The van der Waals surface area contributed by atoms with Crippen LogP contribution in [0.15, 0.2) is 5.11 Å². The standard InChI is InChI=1S/C10H13N3O3/c1-4-6-8-9(16-10(2,3)15-8)7(14-6)5-12-13-11/h1,6-9H,5H2,2-3H3/t6-,7-,8+,9-/m1/s1. The molecule has 6 nitrogen and oxygen atoms in total. The number of hydrogen-bond donors (Lipinski definition) is 0. The lowest BCUT2D eigenvalue weighted by atomic mass is 10.1. The molecule has 0 saturated carbocycles. The van der Waals surface area contributed by atoms with Crippen molar-refractivity contribution in [1.82, 2.24) is 0 Å². The highest BCUT2D eigenvalue weighted by atomic mass is 16.8. The summed E-state index contributed by atoms with van der Waals surface area (Å²) in [6.07, 6.45) is 4.04. The van der Waals surface area contributed by atoms with E-state index in [-0.39, 0.29) is 24.9 Å². The van der Waals surface area contributed by atoms with Gasteiger partial charge in [-0.2, -0.15) is 0 Å². The fraction of sp³-hybridized carbons (Fsp3) is 0.800. The Bertz CT molecular complexity index is 370. The molecule has 2 fully saturated rings. The molecule has 0 radical (unpaired) electrons. The monoisotopic (exact) mass is 223 g/mol. The van der Waals surface area contributed by atoms with Crippen LogP contribution < -0.4 is 0 Å². The zero-order valence-electron chi connectivity index (χ0n) is 9.16. The van der Waals surface area contributed by atoms with Gasteiger partial charge in [0.1, 0.15) is 18.3 Å². The molecule has 0 aliphatic carbocycles. The topological polar surface area (TPSA) is 76.5 Å². The maximum atomic E-state index is 8.28. The summed E-state index contributed by atoms with van der Waals surface area (Å²) in [5, 5.41) is 3.48. The molecule has 2 heterocycles. The third-order valence-electron chi connectivity index (χ3n) is 2.64. The number of nitrogens with zero attached hydrogens (tertiary/aromatic N) is 3. The zero-order valence-corrected chi connectivity index (χ0v) is 9.16. The van der Waals surface area contributed by atoms with Crippen molar-refractivity contribution < 1.29 is 14.2 Å². The molecule has 0 unspecified atom stereocenters. The molecule has 0 amide bonds. The molecule has 0 aromatic heterocycles. The van der Waals surface area contributed by atoms with Crippen molar-refractivity contribution in [2.75, 3.05) is 6.54 Å². The Kier molecular flexibility index (Phi) is 2.78. The Balaban J connectivity index is 2.14. The van der Waals surface area contributed by atoms with Crippen molar-refractivity contribution >= 4 is 0 Å². The molecular weight excluding hydrogens is 210 g/mol. The largest absolute Gasteiger partial charge is 0.356 e. The lowest BCUT2D eigenvalue weighted by molar-refractivity contribution is -0.180. The zero-order chi connectivity index (χ0) is 11.8. The highest BCUT2D eigenvalue weighted by Crippen LogP contribution is 2.38. The fourth-order valence-corrected chi connectivity index (χ4v) is 2.08. The first-order valence-corrected chi connectivity index (χ1v) is 5.05. The lowest BCUT2D eigenvalue weighted by Crippen LogP contribution is -2.31. The molecule has 86 valence electrons. The average molecular weight is 223 g/mol.